The Morgan fingerprint density at radius 1 is 1.20 bits per heavy atom. The van der Waals surface area contributed by atoms with Crippen LogP contribution in [0.5, 0.6) is 0 Å². The molecule has 0 aliphatic rings. The van der Waals surface area contributed by atoms with Crippen molar-refractivity contribution in [3.63, 3.8) is 0 Å². The first-order chi connectivity index (χ1) is 9.54. The van der Waals surface area contributed by atoms with E-state index < -0.39 is 0 Å². The molecule has 1 amide bonds. The lowest BCUT2D eigenvalue weighted by Gasteiger charge is -2.31. The van der Waals surface area contributed by atoms with E-state index in [1.54, 1.807) is 0 Å². The van der Waals surface area contributed by atoms with E-state index in [9.17, 15) is 9.59 Å². The van der Waals surface area contributed by atoms with Crippen molar-refractivity contribution in [2.45, 2.75) is 46.3 Å². The van der Waals surface area contributed by atoms with Crippen molar-refractivity contribution in [2.24, 2.45) is 5.92 Å². The van der Waals surface area contributed by atoms with E-state index in [2.05, 4.69) is 25.7 Å². The summed E-state index contributed by atoms with van der Waals surface area (Å²) in [6.07, 6.45) is 4.60. The minimum Gasteiger partial charge on any atom is -0.357 e. The lowest BCUT2D eigenvalue weighted by Crippen LogP contribution is -2.45. The van der Waals surface area contributed by atoms with Crippen LogP contribution in [0.4, 0.5) is 0 Å². The number of rotatable bonds is 13. The molecule has 0 N–H and O–H groups in total. The van der Waals surface area contributed by atoms with Crippen molar-refractivity contribution >= 4 is 12.7 Å². The first-order valence-electron chi connectivity index (χ1n) is 7.49. The van der Waals surface area contributed by atoms with E-state index >= 15 is 0 Å². The van der Waals surface area contributed by atoms with Gasteiger partial charge in [-0.2, -0.15) is 0 Å². The van der Waals surface area contributed by atoms with Crippen molar-refractivity contribution in [1.82, 2.24) is 9.80 Å². The zero-order chi connectivity index (χ0) is 15.4. The molecule has 1 atom stereocenters. The summed E-state index contributed by atoms with van der Waals surface area (Å²) < 4.78 is 5.78. The molecule has 0 saturated carbocycles. The van der Waals surface area contributed by atoms with Crippen molar-refractivity contribution in [3.8, 4) is 0 Å². The highest BCUT2D eigenvalue weighted by molar-refractivity contribution is 5.59. The fourth-order valence-corrected chi connectivity index (χ4v) is 1.86. The normalized spacial score (nSPS) is 12.7. The third kappa shape index (κ3) is 9.04. The quantitative estimate of drug-likeness (QED) is 0.294. The van der Waals surface area contributed by atoms with Gasteiger partial charge in [0.1, 0.15) is 12.5 Å². The Balaban J connectivity index is 4.41. The Morgan fingerprint density at radius 3 is 2.40 bits per heavy atom. The fourth-order valence-electron chi connectivity index (χ4n) is 1.86. The smallest absolute Gasteiger partial charge is 0.212 e. The van der Waals surface area contributed by atoms with Crippen molar-refractivity contribution in [3.05, 3.63) is 0 Å². The van der Waals surface area contributed by atoms with E-state index in [4.69, 9.17) is 4.74 Å². The zero-order valence-corrected chi connectivity index (χ0v) is 13.4. The van der Waals surface area contributed by atoms with Gasteiger partial charge in [0.15, 0.2) is 0 Å². The molecule has 0 aliphatic carbocycles. The van der Waals surface area contributed by atoms with Gasteiger partial charge < -0.3 is 19.3 Å². The number of nitrogens with zero attached hydrogens (tertiary/aromatic N) is 2. The SMILES string of the molecule is CCCCCN(C)CC(OCC(C)C)N(C=O)CC=O. The molecule has 0 aliphatic heterocycles. The Bertz CT molecular complexity index is 260. The van der Waals surface area contributed by atoms with Crippen LogP contribution in [0, 0.1) is 5.92 Å². The van der Waals surface area contributed by atoms with Crippen LogP contribution in [0.15, 0.2) is 0 Å². The Kier molecular flexibility index (Phi) is 11.3. The van der Waals surface area contributed by atoms with E-state index in [1.807, 2.05) is 7.05 Å². The molecule has 0 fully saturated rings. The number of carbonyl (C=O) groups excluding carboxylic acids is 2. The number of aldehydes is 1. The van der Waals surface area contributed by atoms with Crippen molar-refractivity contribution in [1.29, 1.82) is 0 Å². The molecule has 0 bridgehead atoms. The molecule has 118 valence electrons. The number of hydrogen-bond acceptors (Lipinski definition) is 4. The van der Waals surface area contributed by atoms with Crippen LogP contribution in [0.25, 0.3) is 0 Å². The lowest BCUT2D eigenvalue weighted by atomic mass is 10.2. The molecule has 1 unspecified atom stereocenters. The van der Waals surface area contributed by atoms with Gasteiger partial charge in [-0.25, -0.2) is 0 Å². The van der Waals surface area contributed by atoms with Gasteiger partial charge in [0, 0.05) is 6.54 Å². The third-order valence-corrected chi connectivity index (χ3v) is 3.02. The summed E-state index contributed by atoms with van der Waals surface area (Å²) in [4.78, 5) is 25.3. The van der Waals surface area contributed by atoms with E-state index in [0.29, 0.717) is 25.5 Å². The third-order valence-electron chi connectivity index (χ3n) is 3.02. The van der Waals surface area contributed by atoms with Crippen LogP contribution in [-0.2, 0) is 14.3 Å². The fraction of sp³-hybridized carbons (Fsp3) is 0.867. The number of amides is 1. The number of hydrogen-bond donors (Lipinski definition) is 0. The van der Waals surface area contributed by atoms with Gasteiger partial charge in [-0.05, 0) is 25.9 Å². The second-order valence-electron chi connectivity index (χ2n) is 5.62. The molecule has 5 heteroatoms. The second-order valence-corrected chi connectivity index (χ2v) is 5.62. The minimum absolute atomic E-state index is 0.0784. The maximum absolute atomic E-state index is 11.1. The summed E-state index contributed by atoms with van der Waals surface area (Å²) in [5.74, 6) is 0.396. The van der Waals surface area contributed by atoms with Gasteiger partial charge in [-0.1, -0.05) is 33.6 Å². The first-order valence-corrected chi connectivity index (χ1v) is 7.49. The Morgan fingerprint density at radius 2 is 1.90 bits per heavy atom. The van der Waals surface area contributed by atoms with Gasteiger partial charge >= 0.3 is 0 Å². The standard InChI is InChI=1S/C15H30N2O3/c1-5-6-7-8-16(4)11-15(20-12-14(2)3)17(13-19)9-10-18/h10,13-15H,5-9,11-12H2,1-4H3. The van der Waals surface area contributed by atoms with Crippen LogP contribution < -0.4 is 0 Å². The van der Waals surface area contributed by atoms with Crippen molar-refractivity contribution < 1.29 is 14.3 Å². The van der Waals surface area contributed by atoms with Gasteiger partial charge in [0.2, 0.25) is 6.41 Å². The molecule has 0 heterocycles. The molecular formula is C15H30N2O3. The lowest BCUT2D eigenvalue weighted by molar-refractivity contribution is -0.139. The molecule has 0 aromatic heterocycles. The number of unbranched alkanes of at least 4 members (excludes halogenated alkanes) is 2. The predicted molar refractivity (Wildman–Crippen MR) is 80.4 cm³/mol. The molecule has 0 saturated heterocycles. The maximum Gasteiger partial charge on any atom is 0.212 e. The molecule has 5 nitrogen and oxygen atoms in total. The first kappa shape index (κ1) is 19.1. The summed E-state index contributed by atoms with van der Waals surface area (Å²) in [5, 5.41) is 0. The highest BCUT2D eigenvalue weighted by Crippen LogP contribution is 2.06. The average Bonchev–Trinajstić information content (AvgIpc) is 2.41. The number of ether oxygens (including phenoxy) is 1. The topological polar surface area (TPSA) is 49.9 Å². The van der Waals surface area contributed by atoms with Crippen LogP contribution >= 0.6 is 0 Å². The largest absolute Gasteiger partial charge is 0.357 e. The maximum atomic E-state index is 11.1. The average molecular weight is 286 g/mol. The summed E-state index contributed by atoms with van der Waals surface area (Å²) >= 11 is 0. The summed E-state index contributed by atoms with van der Waals surface area (Å²) in [5.41, 5.74) is 0. The minimum atomic E-state index is -0.355. The van der Waals surface area contributed by atoms with E-state index in [1.165, 1.54) is 17.7 Å². The highest BCUT2D eigenvalue weighted by atomic mass is 16.5. The molecule has 0 aromatic rings. The molecule has 20 heavy (non-hydrogen) atoms. The van der Waals surface area contributed by atoms with Crippen LogP contribution in [-0.4, -0.2) is 62.0 Å². The van der Waals surface area contributed by atoms with Gasteiger partial charge in [0.25, 0.3) is 0 Å². The zero-order valence-electron chi connectivity index (χ0n) is 13.4. The molecule has 0 radical (unpaired) electrons. The monoisotopic (exact) mass is 286 g/mol. The second kappa shape index (κ2) is 11.9. The Labute approximate surface area is 123 Å². The van der Waals surface area contributed by atoms with Crippen LogP contribution in [0.3, 0.4) is 0 Å². The van der Waals surface area contributed by atoms with Gasteiger partial charge in [0.05, 0.1) is 13.2 Å². The van der Waals surface area contributed by atoms with E-state index in [0.717, 1.165) is 19.3 Å². The van der Waals surface area contributed by atoms with Crippen LogP contribution in [0.1, 0.15) is 40.0 Å². The van der Waals surface area contributed by atoms with Crippen LogP contribution in [0.2, 0.25) is 0 Å². The number of carbonyl (C=O) groups is 2. The summed E-state index contributed by atoms with van der Waals surface area (Å²) in [6, 6.07) is 0. The Hall–Kier alpha value is -0.940. The number of likely N-dealkylation sites (N-methyl/N-ethyl adjacent to an activating group) is 1. The van der Waals surface area contributed by atoms with E-state index in [-0.39, 0.29) is 12.8 Å². The molecular weight excluding hydrogens is 256 g/mol. The summed E-state index contributed by atoms with van der Waals surface area (Å²) in [7, 11) is 2.02. The van der Waals surface area contributed by atoms with Crippen molar-refractivity contribution in [2.75, 3.05) is 33.3 Å². The molecule has 0 spiro atoms. The molecule has 0 aromatic carbocycles. The summed E-state index contributed by atoms with van der Waals surface area (Å²) in [6.45, 7) is 8.56. The van der Waals surface area contributed by atoms with Gasteiger partial charge in [-0.15, -0.1) is 0 Å². The molecule has 0 rings (SSSR count). The highest BCUT2D eigenvalue weighted by Gasteiger charge is 2.19. The van der Waals surface area contributed by atoms with Gasteiger partial charge in [-0.3, -0.25) is 4.79 Å². The predicted octanol–water partition coefficient (Wildman–Crippen LogP) is 1.76.